The molecular formula is C30H36FN5O. The van der Waals surface area contributed by atoms with Crippen molar-refractivity contribution in [2.24, 2.45) is 5.92 Å². The fourth-order valence-electron chi connectivity index (χ4n) is 6.51. The minimum atomic E-state index is -1.00. The molecule has 5 unspecified atom stereocenters. The molecule has 6 rings (SSSR count). The van der Waals surface area contributed by atoms with Gasteiger partial charge in [-0.2, -0.15) is 0 Å². The number of phenolic OH excluding ortho intramolecular Hbond substituents is 1. The molecule has 2 aliphatic heterocycles. The molecule has 5 atom stereocenters. The number of fused-ring (bicyclic) bond motifs is 1. The Hall–Kier alpha value is -3.00. The zero-order valence-electron chi connectivity index (χ0n) is 21.3. The molecule has 0 spiro atoms. The normalized spacial score (nSPS) is 28.2. The lowest BCUT2D eigenvalue weighted by atomic mass is 9.71. The van der Waals surface area contributed by atoms with E-state index in [0.717, 1.165) is 68.0 Å². The van der Waals surface area contributed by atoms with Gasteiger partial charge in [-0.3, -0.25) is 10.3 Å². The monoisotopic (exact) mass is 501 g/mol. The molecule has 0 radical (unpaired) electrons. The lowest BCUT2D eigenvalue weighted by Gasteiger charge is -2.36. The number of alkyl halides is 1. The van der Waals surface area contributed by atoms with Crippen molar-refractivity contribution in [3.8, 4) is 5.75 Å². The molecule has 0 bridgehead atoms. The van der Waals surface area contributed by atoms with Crippen molar-refractivity contribution in [2.45, 2.75) is 63.3 Å². The molecule has 3 heterocycles. The number of phenols is 1. The predicted molar refractivity (Wildman–Crippen MR) is 144 cm³/mol. The number of aromatic hydroxyl groups is 1. The summed E-state index contributed by atoms with van der Waals surface area (Å²) in [6.07, 6.45) is 6.71. The van der Waals surface area contributed by atoms with Crippen LogP contribution in [0.15, 0.2) is 60.8 Å². The third-order valence-corrected chi connectivity index (χ3v) is 8.52. The molecule has 3 aliphatic rings. The average Bonchev–Trinajstić information content (AvgIpc) is 3.58. The van der Waals surface area contributed by atoms with E-state index < -0.39 is 6.17 Å². The van der Waals surface area contributed by atoms with Crippen LogP contribution in [0.1, 0.15) is 66.4 Å². The summed E-state index contributed by atoms with van der Waals surface area (Å²) in [5.41, 5.74) is 12.4. The Morgan fingerprint density at radius 3 is 2.76 bits per heavy atom. The number of H-pyrrole nitrogens is 1. The van der Waals surface area contributed by atoms with Crippen LogP contribution in [0.4, 0.5) is 4.39 Å². The Labute approximate surface area is 218 Å². The van der Waals surface area contributed by atoms with E-state index in [1.54, 1.807) is 12.1 Å². The maximum Gasteiger partial charge on any atom is 0.125 e. The zero-order valence-corrected chi connectivity index (χ0v) is 21.3. The fraction of sp³-hybridized carbons (Fsp3) is 0.433. The summed E-state index contributed by atoms with van der Waals surface area (Å²) >= 11 is 0. The summed E-state index contributed by atoms with van der Waals surface area (Å²) in [5.74, 6) is 1.10. The lowest BCUT2D eigenvalue weighted by molar-refractivity contribution is 0.135. The van der Waals surface area contributed by atoms with Crippen molar-refractivity contribution in [2.75, 3.05) is 13.1 Å². The minimum absolute atomic E-state index is 0.0396. The second-order valence-corrected chi connectivity index (χ2v) is 10.7. The van der Waals surface area contributed by atoms with Crippen LogP contribution in [-0.4, -0.2) is 45.3 Å². The van der Waals surface area contributed by atoms with E-state index in [9.17, 15) is 5.11 Å². The Kier molecular flexibility index (Phi) is 6.84. The summed E-state index contributed by atoms with van der Waals surface area (Å²) in [4.78, 5) is 10.7. The van der Waals surface area contributed by atoms with Crippen molar-refractivity contribution in [3.05, 3.63) is 89.0 Å². The van der Waals surface area contributed by atoms with E-state index >= 15 is 4.39 Å². The average molecular weight is 502 g/mol. The van der Waals surface area contributed by atoms with Gasteiger partial charge in [0.2, 0.25) is 0 Å². The van der Waals surface area contributed by atoms with E-state index in [4.69, 9.17) is 4.98 Å². The maximum absolute atomic E-state index is 15.9. The molecule has 1 saturated carbocycles. The summed E-state index contributed by atoms with van der Waals surface area (Å²) in [6, 6.07) is 15.7. The molecule has 6 nitrogen and oxygen atoms in total. The number of aryl methyl sites for hydroxylation is 1. The number of rotatable bonds is 6. The van der Waals surface area contributed by atoms with E-state index in [1.807, 2.05) is 12.3 Å². The molecule has 0 amide bonds. The molecule has 4 N–H and O–H groups in total. The highest BCUT2D eigenvalue weighted by Gasteiger charge is 2.48. The Morgan fingerprint density at radius 2 is 1.97 bits per heavy atom. The Balaban J connectivity index is 1.12. The van der Waals surface area contributed by atoms with Crippen molar-refractivity contribution in [1.82, 2.24) is 25.7 Å². The van der Waals surface area contributed by atoms with Crippen LogP contribution in [0.2, 0.25) is 0 Å². The Bertz CT molecular complexity index is 1260. The molecule has 194 valence electrons. The number of nitrogens with one attached hydrogen (secondary N) is 3. The van der Waals surface area contributed by atoms with Crippen LogP contribution in [0.5, 0.6) is 5.75 Å². The van der Waals surface area contributed by atoms with Crippen LogP contribution >= 0.6 is 0 Å². The van der Waals surface area contributed by atoms with Gasteiger partial charge in [0, 0.05) is 31.5 Å². The smallest absolute Gasteiger partial charge is 0.125 e. The van der Waals surface area contributed by atoms with Crippen molar-refractivity contribution >= 4 is 5.57 Å². The number of hydrazine groups is 1. The SMILES string of the molecule is CCc1cc(O)ccc1C1CCC2C(c3ncc(C4=CCN(Cc5ccccc5)CC4)[nH]3)NNC2C1F. The summed E-state index contributed by atoms with van der Waals surface area (Å²) in [5, 5.41) is 9.88. The lowest BCUT2D eigenvalue weighted by Crippen LogP contribution is -2.45. The molecule has 1 aliphatic carbocycles. The van der Waals surface area contributed by atoms with Gasteiger partial charge in [-0.05, 0) is 60.1 Å². The van der Waals surface area contributed by atoms with Gasteiger partial charge < -0.3 is 10.1 Å². The predicted octanol–water partition coefficient (Wildman–Crippen LogP) is 5.02. The summed E-state index contributed by atoms with van der Waals surface area (Å²) in [7, 11) is 0. The van der Waals surface area contributed by atoms with Gasteiger partial charge in [0.25, 0.3) is 0 Å². The molecular weight excluding hydrogens is 465 g/mol. The number of hydrogen-bond donors (Lipinski definition) is 4. The van der Waals surface area contributed by atoms with Crippen LogP contribution in [-0.2, 0) is 13.0 Å². The Morgan fingerprint density at radius 1 is 1.11 bits per heavy atom. The van der Waals surface area contributed by atoms with Gasteiger partial charge in [0.15, 0.2) is 0 Å². The van der Waals surface area contributed by atoms with E-state index in [0.29, 0.717) is 0 Å². The molecule has 3 aromatic rings. The highest BCUT2D eigenvalue weighted by molar-refractivity contribution is 5.63. The fourth-order valence-corrected chi connectivity index (χ4v) is 6.51. The number of halogens is 1. The van der Waals surface area contributed by atoms with Gasteiger partial charge in [-0.1, -0.05) is 49.4 Å². The third-order valence-electron chi connectivity index (χ3n) is 8.52. The van der Waals surface area contributed by atoms with Crippen LogP contribution in [0, 0.1) is 5.92 Å². The molecule has 7 heteroatoms. The van der Waals surface area contributed by atoms with Crippen molar-refractivity contribution < 1.29 is 9.50 Å². The van der Waals surface area contributed by atoms with E-state index in [-0.39, 0.29) is 29.7 Å². The van der Waals surface area contributed by atoms with Crippen LogP contribution in [0.25, 0.3) is 5.57 Å². The molecule has 1 saturated heterocycles. The van der Waals surface area contributed by atoms with E-state index in [2.05, 4.69) is 64.1 Å². The first-order valence-corrected chi connectivity index (χ1v) is 13.6. The quantitative estimate of drug-likeness (QED) is 0.382. The van der Waals surface area contributed by atoms with Crippen LogP contribution < -0.4 is 10.9 Å². The van der Waals surface area contributed by atoms with Gasteiger partial charge in [-0.25, -0.2) is 14.8 Å². The minimum Gasteiger partial charge on any atom is -0.508 e. The number of nitrogens with zero attached hydrogens (tertiary/aromatic N) is 2. The molecule has 2 fully saturated rings. The molecule has 2 aromatic carbocycles. The highest BCUT2D eigenvalue weighted by atomic mass is 19.1. The highest BCUT2D eigenvalue weighted by Crippen LogP contribution is 2.45. The summed E-state index contributed by atoms with van der Waals surface area (Å²) in [6.45, 7) is 4.97. The zero-order chi connectivity index (χ0) is 25.4. The van der Waals surface area contributed by atoms with E-state index in [1.165, 1.54) is 11.1 Å². The van der Waals surface area contributed by atoms with Gasteiger partial charge >= 0.3 is 0 Å². The van der Waals surface area contributed by atoms with Crippen molar-refractivity contribution in [3.63, 3.8) is 0 Å². The molecule has 1 aromatic heterocycles. The molecule has 37 heavy (non-hydrogen) atoms. The largest absolute Gasteiger partial charge is 0.508 e. The number of aromatic nitrogens is 2. The van der Waals surface area contributed by atoms with Crippen LogP contribution in [0.3, 0.4) is 0 Å². The van der Waals surface area contributed by atoms with Gasteiger partial charge in [0.05, 0.1) is 24.0 Å². The number of benzene rings is 2. The number of aromatic amines is 1. The van der Waals surface area contributed by atoms with Gasteiger partial charge in [0.1, 0.15) is 17.7 Å². The number of hydrogen-bond acceptors (Lipinski definition) is 5. The second-order valence-electron chi connectivity index (χ2n) is 10.7. The standard InChI is InChI=1S/C30H36FN5O/c1-2-20-16-22(37)8-9-23(20)24-10-11-25-28(27(24)31)34-35-29(25)30-32-17-26(33-30)21-12-14-36(15-13-21)18-19-6-4-3-5-7-19/h3-9,12,16-17,24-25,27-29,34-35,37H,2,10-11,13-15,18H2,1H3,(H,32,33). The first-order chi connectivity index (χ1) is 18.1. The second kappa shape index (κ2) is 10.4. The first kappa shape index (κ1) is 24.3. The number of imidazole rings is 1. The third kappa shape index (κ3) is 4.83. The van der Waals surface area contributed by atoms with Gasteiger partial charge in [-0.15, -0.1) is 0 Å². The maximum atomic E-state index is 15.9. The first-order valence-electron chi connectivity index (χ1n) is 13.6. The van der Waals surface area contributed by atoms with Crippen molar-refractivity contribution in [1.29, 1.82) is 0 Å². The summed E-state index contributed by atoms with van der Waals surface area (Å²) < 4.78 is 15.9. The topological polar surface area (TPSA) is 76.2 Å².